The van der Waals surface area contributed by atoms with E-state index in [1.807, 2.05) is 6.20 Å². The molecule has 1 N–H and O–H groups in total. The molecule has 0 radical (unpaired) electrons. The third-order valence-electron chi connectivity index (χ3n) is 3.73. The number of aryl methyl sites for hydroxylation is 1. The van der Waals surface area contributed by atoms with Gasteiger partial charge in [0.1, 0.15) is 0 Å². The maximum atomic E-state index is 4.39. The quantitative estimate of drug-likeness (QED) is 0.827. The van der Waals surface area contributed by atoms with Crippen molar-refractivity contribution in [3.63, 3.8) is 0 Å². The largest absolute Gasteiger partial charge is 0.312 e. The normalized spacial score (nSPS) is 19.1. The van der Waals surface area contributed by atoms with Gasteiger partial charge in [0.2, 0.25) is 0 Å². The molecule has 0 saturated heterocycles. The molecule has 1 saturated carbocycles. The van der Waals surface area contributed by atoms with Gasteiger partial charge in [-0.05, 0) is 38.3 Å². The van der Waals surface area contributed by atoms with Crippen molar-refractivity contribution in [2.24, 2.45) is 5.92 Å². The van der Waals surface area contributed by atoms with Gasteiger partial charge in [-0.25, -0.2) is 0 Å². The molecule has 90 valence electrons. The van der Waals surface area contributed by atoms with E-state index in [1.54, 1.807) is 0 Å². The van der Waals surface area contributed by atoms with Crippen LogP contribution in [0.15, 0.2) is 12.3 Å². The molecule has 1 fully saturated rings. The number of rotatable bonds is 5. The lowest BCUT2D eigenvalue weighted by molar-refractivity contribution is 0.314. The molecule has 0 aromatic carbocycles. The molecule has 0 amide bonds. The summed E-state index contributed by atoms with van der Waals surface area (Å²) in [4.78, 5) is 0. The van der Waals surface area contributed by atoms with Crippen molar-refractivity contribution < 1.29 is 0 Å². The van der Waals surface area contributed by atoms with Crippen LogP contribution < -0.4 is 5.32 Å². The lowest BCUT2D eigenvalue weighted by Gasteiger charge is -2.24. The van der Waals surface area contributed by atoms with Gasteiger partial charge in [0, 0.05) is 17.9 Å². The first kappa shape index (κ1) is 11.6. The third-order valence-corrected chi connectivity index (χ3v) is 3.73. The van der Waals surface area contributed by atoms with E-state index in [2.05, 4.69) is 35.0 Å². The zero-order chi connectivity index (χ0) is 11.4. The van der Waals surface area contributed by atoms with Crippen LogP contribution in [-0.4, -0.2) is 22.4 Å². The molecule has 0 bridgehead atoms. The summed E-state index contributed by atoms with van der Waals surface area (Å²) in [7, 11) is 0. The van der Waals surface area contributed by atoms with E-state index in [1.165, 1.54) is 31.4 Å². The average molecular weight is 221 g/mol. The molecule has 3 heteroatoms. The number of nitrogens with zero attached hydrogens (tertiary/aromatic N) is 2. The SMILES string of the molecule is CCNC(Cn1nccc1C)C1CCCC1. The number of aromatic nitrogens is 2. The average Bonchev–Trinajstić information content (AvgIpc) is 2.90. The second kappa shape index (κ2) is 5.48. The Morgan fingerprint density at radius 3 is 2.81 bits per heavy atom. The van der Waals surface area contributed by atoms with Crippen molar-refractivity contribution in [3.8, 4) is 0 Å². The fourth-order valence-electron chi connectivity index (χ4n) is 2.78. The molecule has 1 unspecified atom stereocenters. The lowest BCUT2D eigenvalue weighted by Crippen LogP contribution is -2.39. The summed E-state index contributed by atoms with van der Waals surface area (Å²) in [6.45, 7) is 6.40. The number of hydrogen-bond acceptors (Lipinski definition) is 2. The minimum Gasteiger partial charge on any atom is -0.312 e. The molecule has 1 aliphatic rings. The van der Waals surface area contributed by atoms with Crippen LogP contribution in [0.25, 0.3) is 0 Å². The van der Waals surface area contributed by atoms with Gasteiger partial charge in [0.25, 0.3) is 0 Å². The molecule has 1 aliphatic carbocycles. The van der Waals surface area contributed by atoms with Crippen molar-refractivity contribution in [1.29, 1.82) is 0 Å². The van der Waals surface area contributed by atoms with Crippen LogP contribution in [-0.2, 0) is 6.54 Å². The number of hydrogen-bond donors (Lipinski definition) is 1. The third kappa shape index (κ3) is 2.64. The van der Waals surface area contributed by atoms with Gasteiger partial charge in [-0.2, -0.15) is 5.10 Å². The zero-order valence-corrected chi connectivity index (χ0v) is 10.4. The van der Waals surface area contributed by atoms with Crippen LogP contribution in [0.4, 0.5) is 0 Å². The Labute approximate surface area is 98.2 Å². The summed E-state index contributed by atoms with van der Waals surface area (Å²) in [6, 6.07) is 2.68. The highest BCUT2D eigenvalue weighted by atomic mass is 15.3. The smallest absolute Gasteiger partial charge is 0.0568 e. The van der Waals surface area contributed by atoms with Crippen LogP contribution in [0.1, 0.15) is 38.3 Å². The van der Waals surface area contributed by atoms with E-state index in [9.17, 15) is 0 Å². The molecule has 16 heavy (non-hydrogen) atoms. The fraction of sp³-hybridized carbons (Fsp3) is 0.769. The van der Waals surface area contributed by atoms with Gasteiger partial charge in [-0.1, -0.05) is 19.8 Å². The van der Waals surface area contributed by atoms with E-state index >= 15 is 0 Å². The lowest BCUT2D eigenvalue weighted by atomic mass is 9.98. The van der Waals surface area contributed by atoms with E-state index in [4.69, 9.17) is 0 Å². The Kier molecular flexibility index (Phi) is 3.99. The fourth-order valence-corrected chi connectivity index (χ4v) is 2.78. The van der Waals surface area contributed by atoms with Gasteiger partial charge in [0.05, 0.1) is 6.54 Å². The summed E-state index contributed by atoms with van der Waals surface area (Å²) in [5, 5.41) is 8.02. The number of nitrogens with one attached hydrogen (secondary N) is 1. The Hall–Kier alpha value is -0.830. The predicted octanol–water partition coefficient (Wildman–Crippen LogP) is 2.36. The first-order valence-corrected chi connectivity index (χ1v) is 6.53. The van der Waals surface area contributed by atoms with Crippen LogP contribution in [0.5, 0.6) is 0 Å². The van der Waals surface area contributed by atoms with E-state index in [-0.39, 0.29) is 0 Å². The Bertz CT molecular complexity index is 313. The van der Waals surface area contributed by atoms with Gasteiger partial charge < -0.3 is 5.32 Å². The Morgan fingerprint density at radius 1 is 1.50 bits per heavy atom. The molecule has 1 aromatic heterocycles. The summed E-state index contributed by atoms with van der Waals surface area (Å²) < 4.78 is 2.13. The second-order valence-corrected chi connectivity index (χ2v) is 4.86. The van der Waals surface area contributed by atoms with Gasteiger partial charge in [-0.15, -0.1) is 0 Å². The molecule has 1 atom stereocenters. The maximum Gasteiger partial charge on any atom is 0.0568 e. The standard InChI is InChI=1S/C13H23N3/c1-3-14-13(12-6-4-5-7-12)10-16-11(2)8-9-15-16/h8-9,12-14H,3-7,10H2,1-2H3. The second-order valence-electron chi connectivity index (χ2n) is 4.86. The van der Waals surface area contributed by atoms with Crippen molar-refractivity contribution in [2.45, 2.75) is 52.1 Å². The van der Waals surface area contributed by atoms with Crippen molar-refractivity contribution in [1.82, 2.24) is 15.1 Å². The van der Waals surface area contributed by atoms with Gasteiger partial charge in [-0.3, -0.25) is 4.68 Å². The Balaban J connectivity index is 1.99. The zero-order valence-electron chi connectivity index (χ0n) is 10.4. The van der Waals surface area contributed by atoms with Gasteiger partial charge >= 0.3 is 0 Å². The van der Waals surface area contributed by atoms with Crippen LogP contribution in [0.3, 0.4) is 0 Å². The van der Waals surface area contributed by atoms with Crippen molar-refractivity contribution >= 4 is 0 Å². The molecular formula is C13H23N3. The minimum absolute atomic E-state index is 0.603. The highest BCUT2D eigenvalue weighted by molar-refractivity contribution is 4.97. The summed E-state index contributed by atoms with van der Waals surface area (Å²) in [5.74, 6) is 0.851. The molecular weight excluding hydrogens is 198 g/mol. The Morgan fingerprint density at radius 2 is 2.25 bits per heavy atom. The van der Waals surface area contributed by atoms with E-state index < -0.39 is 0 Å². The van der Waals surface area contributed by atoms with Crippen molar-refractivity contribution in [2.75, 3.05) is 6.54 Å². The predicted molar refractivity (Wildman–Crippen MR) is 66.4 cm³/mol. The molecule has 3 nitrogen and oxygen atoms in total. The monoisotopic (exact) mass is 221 g/mol. The topological polar surface area (TPSA) is 29.9 Å². The highest BCUT2D eigenvalue weighted by Gasteiger charge is 2.24. The first-order valence-electron chi connectivity index (χ1n) is 6.53. The number of likely N-dealkylation sites (N-methyl/N-ethyl adjacent to an activating group) is 1. The molecule has 1 aromatic rings. The summed E-state index contributed by atoms with van der Waals surface area (Å²) in [6.07, 6.45) is 7.48. The highest BCUT2D eigenvalue weighted by Crippen LogP contribution is 2.28. The van der Waals surface area contributed by atoms with E-state index in [0.29, 0.717) is 6.04 Å². The van der Waals surface area contributed by atoms with Gasteiger partial charge in [0.15, 0.2) is 0 Å². The van der Waals surface area contributed by atoms with E-state index in [0.717, 1.165) is 19.0 Å². The summed E-state index contributed by atoms with van der Waals surface area (Å²) in [5.41, 5.74) is 1.26. The first-order chi connectivity index (χ1) is 7.81. The van der Waals surface area contributed by atoms with Crippen molar-refractivity contribution in [3.05, 3.63) is 18.0 Å². The van der Waals surface area contributed by atoms with Crippen LogP contribution in [0.2, 0.25) is 0 Å². The molecule has 0 aliphatic heterocycles. The molecule has 2 rings (SSSR count). The molecule has 1 heterocycles. The summed E-state index contributed by atoms with van der Waals surface area (Å²) >= 11 is 0. The van der Waals surface area contributed by atoms with Crippen LogP contribution >= 0.6 is 0 Å². The van der Waals surface area contributed by atoms with Crippen LogP contribution in [0, 0.1) is 12.8 Å². The minimum atomic E-state index is 0.603. The maximum absolute atomic E-state index is 4.39. The molecule has 0 spiro atoms.